The fourth-order valence-electron chi connectivity index (χ4n) is 1.70. The standard InChI is InChI=1S/C13H18BrClO2S/c1-2-18(16,17)8-7-11(10-15)9-12-5-3-4-6-13(12)14/h3-6,11H,2,7-10H2,1H3. The lowest BCUT2D eigenvalue weighted by atomic mass is 9.99. The third-order valence-corrected chi connectivity index (χ3v) is 5.91. The second-order valence-electron chi connectivity index (χ2n) is 4.34. The van der Waals surface area contributed by atoms with Crippen molar-refractivity contribution in [3.05, 3.63) is 34.3 Å². The summed E-state index contributed by atoms with van der Waals surface area (Å²) in [4.78, 5) is 0. The van der Waals surface area contributed by atoms with E-state index in [1.54, 1.807) is 6.92 Å². The van der Waals surface area contributed by atoms with Crippen molar-refractivity contribution in [1.29, 1.82) is 0 Å². The van der Waals surface area contributed by atoms with Gasteiger partial charge in [0, 0.05) is 16.1 Å². The van der Waals surface area contributed by atoms with Crippen LogP contribution < -0.4 is 0 Å². The molecule has 0 heterocycles. The molecule has 1 aromatic rings. The van der Waals surface area contributed by atoms with Crippen molar-refractivity contribution in [2.24, 2.45) is 5.92 Å². The molecule has 0 saturated heterocycles. The Labute approximate surface area is 123 Å². The SMILES string of the molecule is CCS(=O)(=O)CCC(CCl)Cc1ccccc1Br. The smallest absolute Gasteiger partial charge is 0.150 e. The predicted molar refractivity (Wildman–Crippen MR) is 81.0 cm³/mol. The Morgan fingerprint density at radius 2 is 2.00 bits per heavy atom. The zero-order valence-electron chi connectivity index (χ0n) is 10.4. The Hall–Kier alpha value is -0.0600. The third-order valence-electron chi connectivity index (χ3n) is 2.96. The molecule has 0 spiro atoms. The van der Waals surface area contributed by atoms with Gasteiger partial charge in [-0.3, -0.25) is 0 Å². The van der Waals surface area contributed by atoms with Crippen LogP contribution in [-0.2, 0) is 16.3 Å². The Morgan fingerprint density at radius 1 is 1.33 bits per heavy atom. The summed E-state index contributed by atoms with van der Waals surface area (Å²) in [7, 11) is -2.90. The molecule has 1 rings (SSSR count). The van der Waals surface area contributed by atoms with Crippen LogP contribution in [0.25, 0.3) is 0 Å². The molecular formula is C13H18BrClO2S. The molecule has 2 nitrogen and oxygen atoms in total. The summed E-state index contributed by atoms with van der Waals surface area (Å²) in [6, 6.07) is 7.97. The van der Waals surface area contributed by atoms with E-state index < -0.39 is 9.84 Å². The Morgan fingerprint density at radius 3 is 2.56 bits per heavy atom. The van der Waals surface area contributed by atoms with Crippen LogP contribution in [-0.4, -0.2) is 25.8 Å². The molecule has 18 heavy (non-hydrogen) atoms. The van der Waals surface area contributed by atoms with Crippen LogP contribution in [0.2, 0.25) is 0 Å². The van der Waals surface area contributed by atoms with Crippen LogP contribution in [0.15, 0.2) is 28.7 Å². The van der Waals surface area contributed by atoms with Gasteiger partial charge in [0.2, 0.25) is 0 Å². The van der Waals surface area contributed by atoms with Gasteiger partial charge in [0.1, 0.15) is 9.84 Å². The second kappa shape index (κ2) is 7.51. The van der Waals surface area contributed by atoms with E-state index in [1.165, 1.54) is 5.56 Å². The van der Waals surface area contributed by atoms with Crippen LogP contribution >= 0.6 is 27.5 Å². The summed E-state index contributed by atoms with van der Waals surface area (Å²) < 4.78 is 24.0. The average Bonchev–Trinajstić information content (AvgIpc) is 2.36. The van der Waals surface area contributed by atoms with Gasteiger partial charge in [-0.05, 0) is 30.4 Å². The molecule has 1 unspecified atom stereocenters. The lowest BCUT2D eigenvalue weighted by Gasteiger charge is -2.14. The maximum atomic E-state index is 11.5. The predicted octanol–water partition coefficient (Wildman–Crippen LogP) is 3.67. The van der Waals surface area contributed by atoms with Gasteiger partial charge in [-0.1, -0.05) is 41.1 Å². The van der Waals surface area contributed by atoms with Crippen molar-refractivity contribution in [2.75, 3.05) is 17.4 Å². The lowest BCUT2D eigenvalue weighted by molar-refractivity contribution is 0.548. The fourth-order valence-corrected chi connectivity index (χ4v) is 3.39. The molecule has 0 N–H and O–H groups in total. The van der Waals surface area contributed by atoms with Crippen molar-refractivity contribution >= 4 is 37.4 Å². The fraction of sp³-hybridized carbons (Fsp3) is 0.538. The Balaban J connectivity index is 2.61. The molecule has 0 aliphatic heterocycles. The van der Waals surface area contributed by atoms with Crippen molar-refractivity contribution in [3.8, 4) is 0 Å². The quantitative estimate of drug-likeness (QED) is 0.701. The van der Waals surface area contributed by atoms with Gasteiger partial charge in [-0.25, -0.2) is 8.42 Å². The number of sulfone groups is 1. The van der Waals surface area contributed by atoms with E-state index in [0.29, 0.717) is 12.3 Å². The molecule has 0 saturated carbocycles. The van der Waals surface area contributed by atoms with Crippen LogP contribution in [0.3, 0.4) is 0 Å². The molecule has 5 heteroatoms. The van der Waals surface area contributed by atoms with E-state index in [0.717, 1.165) is 10.9 Å². The highest BCUT2D eigenvalue weighted by atomic mass is 79.9. The van der Waals surface area contributed by atoms with Crippen molar-refractivity contribution in [1.82, 2.24) is 0 Å². The first-order valence-corrected chi connectivity index (χ1v) is 9.13. The van der Waals surface area contributed by atoms with Crippen molar-refractivity contribution < 1.29 is 8.42 Å². The molecule has 0 aromatic heterocycles. The average molecular weight is 354 g/mol. The van der Waals surface area contributed by atoms with Gasteiger partial charge in [-0.2, -0.15) is 0 Å². The van der Waals surface area contributed by atoms with E-state index in [-0.39, 0.29) is 17.4 Å². The van der Waals surface area contributed by atoms with Gasteiger partial charge in [0.05, 0.1) is 5.75 Å². The summed E-state index contributed by atoms with van der Waals surface area (Å²) in [5, 5.41) is 0. The van der Waals surface area contributed by atoms with Gasteiger partial charge < -0.3 is 0 Å². The number of alkyl halides is 1. The zero-order valence-corrected chi connectivity index (χ0v) is 13.6. The first kappa shape index (κ1) is 16.0. The third kappa shape index (κ3) is 5.29. The normalized spacial score (nSPS) is 13.5. The number of benzene rings is 1. The maximum absolute atomic E-state index is 11.5. The van der Waals surface area contributed by atoms with E-state index in [1.807, 2.05) is 24.3 Å². The molecule has 1 atom stereocenters. The van der Waals surface area contributed by atoms with Crippen LogP contribution in [0.1, 0.15) is 18.9 Å². The number of rotatable bonds is 7. The summed E-state index contributed by atoms with van der Waals surface area (Å²) in [6.07, 6.45) is 1.44. The summed E-state index contributed by atoms with van der Waals surface area (Å²) >= 11 is 9.43. The van der Waals surface area contributed by atoms with E-state index in [2.05, 4.69) is 15.9 Å². The molecule has 0 bridgehead atoms. The molecular weight excluding hydrogens is 336 g/mol. The van der Waals surface area contributed by atoms with Gasteiger partial charge in [-0.15, -0.1) is 11.6 Å². The lowest BCUT2D eigenvalue weighted by Crippen LogP contribution is -2.15. The van der Waals surface area contributed by atoms with Gasteiger partial charge in [0.25, 0.3) is 0 Å². The Bertz CT molecular complexity index is 474. The van der Waals surface area contributed by atoms with Crippen LogP contribution in [0.4, 0.5) is 0 Å². The number of halogens is 2. The molecule has 0 aliphatic carbocycles. The minimum absolute atomic E-state index is 0.201. The number of hydrogen-bond donors (Lipinski definition) is 0. The van der Waals surface area contributed by atoms with Gasteiger partial charge >= 0.3 is 0 Å². The van der Waals surface area contributed by atoms with E-state index in [9.17, 15) is 8.42 Å². The second-order valence-corrected chi connectivity index (χ2v) is 7.98. The first-order chi connectivity index (χ1) is 8.48. The van der Waals surface area contributed by atoms with E-state index >= 15 is 0 Å². The molecule has 0 amide bonds. The van der Waals surface area contributed by atoms with Crippen molar-refractivity contribution in [3.63, 3.8) is 0 Å². The summed E-state index contributed by atoms with van der Waals surface area (Å²) in [5.74, 6) is 1.12. The van der Waals surface area contributed by atoms with Gasteiger partial charge in [0.15, 0.2) is 0 Å². The topological polar surface area (TPSA) is 34.1 Å². The molecule has 0 fully saturated rings. The summed E-state index contributed by atoms with van der Waals surface area (Å²) in [6.45, 7) is 1.68. The zero-order chi connectivity index (χ0) is 13.6. The largest absolute Gasteiger partial charge is 0.229 e. The van der Waals surface area contributed by atoms with Crippen molar-refractivity contribution in [2.45, 2.75) is 19.8 Å². The monoisotopic (exact) mass is 352 g/mol. The first-order valence-electron chi connectivity index (χ1n) is 5.98. The number of hydrogen-bond acceptors (Lipinski definition) is 2. The Kier molecular flexibility index (Phi) is 6.67. The molecule has 1 aromatic carbocycles. The highest BCUT2D eigenvalue weighted by Crippen LogP contribution is 2.22. The van der Waals surface area contributed by atoms with Crippen LogP contribution in [0, 0.1) is 5.92 Å². The van der Waals surface area contributed by atoms with E-state index in [4.69, 9.17) is 11.6 Å². The highest BCUT2D eigenvalue weighted by Gasteiger charge is 2.15. The highest BCUT2D eigenvalue weighted by molar-refractivity contribution is 9.10. The molecule has 0 aliphatic rings. The summed E-state index contributed by atoms with van der Waals surface area (Å²) in [5.41, 5.74) is 1.18. The maximum Gasteiger partial charge on any atom is 0.150 e. The van der Waals surface area contributed by atoms with Crippen LogP contribution in [0.5, 0.6) is 0 Å². The minimum Gasteiger partial charge on any atom is -0.229 e. The molecule has 0 radical (unpaired) electrons. The molecule has 102 valence electrons. The minimum atomic E-state index is -2.90.